The lowest BCUT2D eigenvalue weighted by atomic mass is 10.0. The van der Waals surface area contributed by atoms with Gasteiger partial charge >= 0.3 is 0 Å². The fraction of sp³-hybridized carbons (Fsp3) is 0.364. The molecule has 1 unspecified atom stereocenters. The van der Waals surface area contributed by atoms with Crippen LogP contribution in [-0.4, -0.2) is 34.8 Å². The van der Waals surface area contributed by atoms with Gasteiger partial charge in [0.25, 0.3) is 5.56 Å². The Labute approximate surface area is 164 Å². The fourth-order valence-electron chi connectivity index (χ4n) is 3.96. The van der Waals surface area contributed by atoms with Crippen molar-refractivity contribution in [1.29, 1.82) is 0 Å². The second-order valence-corrected chi connectivity index (χ2v) is 7.87. The van der Waals surface area contributed by atoms with Crippen LogP contribution in [0.5, 0.6) is 0 Å². The van der Waals surface area contributed by atoms with Crippen LogP contribution in [0.25, 0.3) is 10.8 Å². The average molecular weight is 382 g/mol. The Morgan fingerprint density at radius 1 is 1.07 bits per heavy atom. The number of aromatic nitrogens is 2. The molecule has 2 heterocycles. The summed E-state index contributed by atoms with van der Waals surface area (Å²) in [6.07, 6.45) is 3.70. The normalized spacial score (nSPS) is 18.5. The maximum atomic E-state index is 13.1. The molecule has 1 aromatic heterocycles. The Morgan fingerprint density at radius 3 is 2.70 bits per heavy atom. The van der Waals surface area contributed by atoms with E-state index >= 15 is 0 Å². The van der Waals surface area contributed by atoms with E-state index < -0.39 is 0 Å². The summed E-state index contributed by atoms with van der Waals surface area (Å²) >= 11 is 6.16. The van der Waals surface area contributed by atoms with Gasteiger partial charge < -0.3 is 4.90 Å². The maximum absolute atomic E-state index is 13.1. The van der Waals surface area contributed by atoms with E-state index in [1.165, 1.54) is 0 Å². The molecule has 2 aromatic carbocycles. The van der Waals surface area contributed by atoms with Gasteiger partial charge in [-0.05, 0) is 63.2 Å². The second kappa shape index (κ2) is 7.83. The molecule has 1 aliphatic rings. The highest BCUT2D eigenvalue weighted by Crippen LogP contribution is 2.24. The van der Waals surface area contributed by atoms with Gasteiger partial charge in [0, 0.05) is 16.8 Å². The van der Waals surface area contributed by atoms with E-state index in [1.807, 2.05) is 42.5 Å². The molecule has 0 bridgehead atoms. The predicted molar refractivity (Wildman–Crippen MR) is 111 cm³/mol. The summed E-state index contributed by atoms with van der Waals surface area (Å²) in [6, 6.07) is 15.8. The number of fused-ring (bicyclic) bond motifs is 1. The van der Waals surface area contributed by atoms with Crippen LogP contribution in [0.15, 0.2) is 53.3 Å². The topological polar surface area (TPSA) is 38.1 Å². The van der Waals surface area contributed by atoms with Gasteiger partial charge in [-0.2, -0.15) is 5.10 Å². The molecule has 4 nitrogen and oxygen atoms in total. The number of likely N-dealkylation sites (tertiary alicyclic amines) is 1. The zero-order chi connectivity index (χ0) is 18.8. The van der Waals surface area contributed by atoms with Gasteiger partial charge in [0.2, 0.25) is 0 Å². The first-order chi connectivity index (χ1) is 13.1. The van der Waals surface area contributed by atoms with Crippen LogP contribution < -0.4 is 5.56 Å². The van der Waals surface area contributed by atoms with Crippen LogP contribution >= 0.6 is 11.6 Å². The summed E-state index contributed by atoms with van der Waals surface area (Å²) < 4.78 is 1.75. The quantitative estimate of drug-likeness (QED) is 0.679. The zero-order valence-corrected chi connectivity index (χ0v) is 16.3. The van der Waals surface area contributed by atoms with Gasteiger partial charge in [0.1, 0.15) is 0 Å². The van der Waals surface area contributed by atoms with E-state index in [0.29, 0.717) is 6.42 Å². The summed E-state index contributed by atoms with van der Waals surface area (Å²) in [5.41, 5.74) is 2.06. The predicted octanol–water partition coefficient (Wildman–Crippen LogP) is 4.30. The molecule has 0 N–H and O–H groups in total. The third kappa shape index (κ3) is 3.92. The van der Waals surface area contributed by atoms with Gasteiger partial charge in [-0.1, -0.05) is 41.9 Å². The Kier molecular flexibility index (Phi) is 5.28. The minimum Gasteiger partial charge on any atom is -0.306 e. The Morgan fingerprint density at radius 2 is 1.89 bits per heavy atom. The van der Waals surface area contributed by atoms with E-state index in [4.69, 9.17) is 16.7 Å². The first kappa shape index (κ1) is 18.2. The van der Waals surface area contributed by atoms with E-state index in [1.54, 1.807) is 4.68 Å². The summed E-state index contributed by atoms with van der Waals surface area (Å²) in [4.78, 5) is 15.5. The van der Waals surface area contributed by atoms with Crippen LogP contribution in [0.2, 0.25) is 5.02 Å². The number of nitrogens with zero attached hydrogens (tertiary/aromatic N) is 3. The average Bonchev–Trinajstić information content (AvgIpc) is 2.89. The van der Waals surface area contributed by atoms with Crippen LogP contribution in [0.1, 0.15) is 36.6 Å². The van der Waals surface area contributed by atoms with Crippen molar-refractivity contribution < 1.29 is 0 Å². The highest BCUT2D eigenvalue weighted by atomic mass is 35.5. The highest BCUT2D eigenvalue weighted by Gasteiger charge is 2.21. The Balaban J connectivity index is 1.80. The van der Waals surface area contributed by atoms with Crippen molar-refractivity contribution in [1.82, 2.24) is 14.7 Å². The molecule has 140 valence electrons. The van der Waals surface area contributed by atoms with Crippen LogP contribution in [-0.2, 0) is 6.42 Å². The smallest absolute Gasteiger partial charge is 0.274 e. The lowest BCUT2D eigenvalue weighted by molar-refractivity contribution is 0.334. The van der Waals surface area contributed by atoms with Crippen LogP contribution in [0, 0.1) is 0 Å². The third-order valence-electron chi connectivity index (χ3n) is 5.43. The molecule has 0 amide bonds. The molecule has 1 aliphatic heterocycles. The molecule has 1 fully saturated rings. The number of benzene rings is 2. The van der Waals surface area contributed by atoms with Crippen molar-refractivity contribution in [3.05, 3.63) is 75.2 Å². The SMILES string of the molecule is CN1CCCC(n2nc(Cc3cccc(Cl)c3)c3ccccc3c2=O)CC1. The number of rotatable bonds is 3. The first-order valence-corrected chi connectivity index (χ1v) is 9.93. The lowest BCUT2D eigenvalue weighted by Crippen LogP contribution is -2.29. The van der Waals surface area contributed by atoms with E-state index in [9.17, 15) is 4.79 Å². The fourth-order valence-corrected chi connectivity index (χ4v) is 4.17. The van der Waals surface area contributed by atoms with Crippen molar-refractivity contribution in [2.45, 2.75) is 31.7 Å². The molecule has 5 heteroatoms. The van der Waals surface area contributed by atoms with Gasteiger partial charge in [-0.15, -0.1) is 0 Å². The molecular weight excluding hydrogens is 358 g/mol. The molecule has 1 saturated heterocycles. The van der Waals surface area contributed by atoms with E-state index in [0.717, 1.165) is 59.4 Å². The maximum Gasteiger partial charge on any atom is 0.274 e. The number of halogens is 1. The summed E-state index contributed by atoms with van der Waals surface area (Å²) in [5.74, 6) is 0. The van der Waals surface area contributed by atoms with Gasteiger partial charge in [0.15, 0.2) is 0 Å². The molecule has 0 saturated carbocycles. The third-order valence-corrected chi connectivity index (χ3v) is 5.67. The minimum absolute atomic E-state index is 0.0231. The Hall–Kier alpha value is -2.17. The summed E-state index contributed by atoms with van der Waals surface area (Å²) in [5, 5.41) is 7.26. The summed E-state index contributed by atoms with van der Waals surface area (Å²) in [6.45, 7) is 2.07. The molecule has 27 heavy (non-hydrogen) atoms. The Bertz CT molecular complexity index is 1010. The second-order valence-electron chi connectivity index (χ2n) is 7.44. The monoisotopic (exact) mass is 381 g/mol. The van der Waals surface area contributed by atoms with Gasteiger partial charge in [-0.3, -0.25) is 4.79 Å². The number of hydrogen-bond acceptors (Lipinski definition) is 3. The van der Waals surface area contributed by atoms with E-state index in [-0.39, 0.29) is 11.6 Å². The first-order valence-electron chi connectivity index (χ1n) is 9.55. The van der Waals surface area contributed by atoms with Gasteiger partial charge in [-0.25, -0.2) is 4.68 Å². The standard InChI is InChI=1S/C22H24ClN3O/c1-25-12-5-8-18(11-13-25)26-22(27)20-10-3-2-9-19(20)21(24-26)15-16-6-4-7-17(23)14-16/h2-4,6-7,9-10,14,18H,5,8,11-13,15H2,1H3. The molecule has 0 radical (unpaired) electrons. The summed E-state index contributed by atoms with van der Waals surface area (Å²) in [7, 11) is 2.14. The van der Waals surface area contributed by atoms with Crippen molar-refractivity contribution >= 4 is 22.4 Å². The van der Waals surface area contributed by atoms with Crippen molar-refractivity contribution in [3.8, 4) is 0 Å². The van der Waals surface area contributed by atoms with Crippen LogP contribution in [0.3, 0.4) is 0 Å². The molecular formula is C22H24ClN3O. The van der Waals surface area contributed by atoms with Crippen LogP contribution in [0.4, 0.5) is 0 Å². The molecule has 1 atom stereocenters. The molecule has 0 aliphatic carbocycles. The zero-order valence-electron chi connectivity index (χ0n) is 15.6. The van der Waals surface area contributed by atoms with Crippen molar-refractivity contribution in [3.63, 3.8) is 0 Å². The van der Waals surface area contributed by atoms with Gasteiger partial charge in [0.05, 0.1) is 17.1 Å². The largest absolute Gasteiger partial charge is 0.306 e. The van der Waals surface area contributed by atoms with Crippen molar-refractivity contribution in [2.24, 2.45) is 0 Å². The molecule has 3 aromatic rings. The van der Waals surface area contributed by atoms with Crippen molar-refractivity contribution in [2.75, 3.05) is 20.1 Å². The molecule has 0 spiro atoms. The highest BCUT2D eigenvalue weighted by molar-refractivity contribution is 6.30. The minimum atomic E-state index is 0.0231. The number of hydrogen-bond donors (Lipinski definition) is 0. The van der Waals surface area contributed by atoms with E-state index in [2.05, 4.69) is 18.0 Å². The molecule has 4 rings (SSSR count). The lowest BCUT2D eigenvalue weighted by Gasteiger charge is -2.19.